The van der Waals surface area contributed by atoms with Gasteiger partial charge in [0.2, 0.25) is 0 Å². The Bertz CT molecular complexity index is 1030. The number of benzene rings is 4. The van der Waals surface area contributed by atoms with E-state index in [-0.39, 0.29) is 34.3 Å². The summed E-state index contributed by atoms with van der Waals surface area (Å²) in [5.74, 6) is 1.97. The molecule has 0 bridgehead atoms. The second-order valence-corrected chi connectivity index (χ2v) is 12.3. The molecule has 0 aliphatic heterocycles. The van der Waals surface area contributed by atoms with Gasteiger partial charge in [0.1, 0.15) is 11.1 Å². The van der Waals surface area contributed by atoms with Gasteiger partial charge in [-0.15, -0.1) is 0 Å². The fourth-order valence-electron chi connectivity index (χ4n) is 4.04. The zero-order chi connectivity index (χ0) is 22.2. The van der Waals surface area contributed by atoms with E-state index in [1.54, 1.807) is 14.2 Å². The van der Waals surface area contributed by atoms with Crippen LogP contribution in [0, 0.1) is 14.9 Å². The molecule has 2 nitrogen and oxygen atoms in total. The zero-order valence-electron chi connectivity index (χ0n) is 20.9. The maximum atomic E-state index is 5.77. The Hall–Kier alpha value is -2.04. The first-order valence-electron chi connectivity index (χ1n) is 10.8. The van der Waals surface area contributed by atoms with Crippen molar-refractivity contribution >= 4 is 37.1 Å². The van der Waals surface area contributed by atoms with Gasteiger partial charge in [-0.2, -0.15) is 0 Å². The second kappa shape index (κ2) is 15.9. The summed E-state index contributed by atoms with van der Waals surface area (Å²) in [5, 5.41) is 5.46. The smallest absolute Gasteiger partial charge is 0.496 e. The van der Waals surface area contributed by atoms with Crippen molar-refractivity contribution in [3.8, 4) is 11.5 Å². The molecule has 0 saturated carbocycles. The molecular formula is C30H35O2P2Rh+2. The summed E-state index contributed by atoms with van der Waals surface area (Å²) >= 11 is 0. The van der Waals surface area contributed by atoms with E-state index in [2.05, 4.69) is 109 Å². The molecule has 0 heterocycles. The first kappa shape index (κ1) is 31.0. The van der Waals surface area contributed by atoms with E-state index in [0.29, 0.717) is 0 Å². The minimum absolute atomic E-state index is 0. The van der Waals surface area contributed by atoms with Gasteiger partial charge in [-0.25, -0.2) is 0 Å². The van der Waals surface area contributed by atoms with Gasteiger partial charge >= 0.3 is 19.5 Å². The molecule has 0 saturated heterocycles. The van der Waals surface area contributed by atoms with Crippen LogP contribution in [-0.4, -0.2) is 26.5 Å². The molecule has 0 radical (unpaired) electrons. The summed E-state index contributed by atoms with van der Waals surface area (Å²) in [6.07, 6.45) is 2.22. The van der Waals surface area contributed by atoms with Gasteiger partial charge in [0, 0.05) is 11.5 Å². The van der Waals surface area contributed by atoms with Crippen molar-refractivity contribution in [1.82, 2.24) is 0 Å². The number of hydrogen-bond donors (Lipinski definition) is 0. The maximum Gasteiger partial charge on any atom is 3.00 e. The van der Waals surface area contributed by atoms with Crippen molar-refractivity contribution < 1.29 is 29.0 Å². The molecule has 2 atom stereocenters. The van der Waals surface area contributed by atoms with Gasteiger partial charge in [-0.05, 0) is 43.6 Å². The van der Waals surface area contributed by atoms with Crippen LogP contribution in [0.2, 0.25) is 0 Å². The van der Waals surface area contributed by atoms with Crippen LogP contribution in [0.5, 0.6) is 11.5 Å². The molecule has 0 amide bonds. The quantitative estimate of drug-likeness (QED) is 0.137. The van der Waals surface area contributed by atoms with Crippen LogP contribution in [-0.2, 0) is 19.5 Å². The van der Waals surface area contributed by atoms with E-state index in [4.69, 9.17) is 9.47 Å². The molecule has 5 heteroatoms. The number of para-hydroxylation sites is 2. The Balaban J connectivity index is 0.00000204. The predicted molar refractivity (Wildman–Crippen MR) is 155 cm³/mol. The molecule has 184 valence electrons. The van der Waals surface area contributed by atoms with Crippen LogP contribution >= 0.6 is 15.8 Å². The molecule has 35 heavy (non-hydrogen) atoms. The normalized spacial score (nSPS) is 11.6. The first-order chi connectivity index (χ1) is 15.8. The Morgan fingerprint density at radius 2 is 1.14 bits per heavy atom. The predicted octanol–water partition coefficient (Wildman–Crippen LogP) is 5.90. The number of hydrogen-bond acceptors (Lipinski definition) is 2. The van der Waals surface area contributed by atoms with Crippen LogP contribution in [0.3, 0.4) is 0 Å². The van der Waals surface area contributed by atoms with Crippen LogP contribution in [0.1, 0.15) is 0 Å². The third-order valence-electron chi connectivity index (χ3n) is 5.58. The van der Waals surface area contributed by atoms with Crippen LogP contribution < -0.4 is 30.7 Å². The van der Waals surface area contributed by atoms with Crippen molar-refractivity contribution in [2.75, 3.05) is 26.5 Å². The fraction of sp³-hybridized carbons (Fsp3) is 0.133. The molecule has 0 spiro atoms. The van der Waals surface area contributed by atoms with Gasteiger partial charge in [0.15, 0.2) is 5.75 Å². The summed E-state index contributed by atoms with van der Waals surface area (Å²) in [6, 6.07) is 38.8. The van der Waals surface area contributed by atoms with Crippen LogP contribution in [0.25, 0.3) is 0 Å². The average Bonchev–Trinajstić information content (AvgIpc) is 2.88. The molecule has 4 aromatic carbocycles. The van der Waals surface area contributed by atoms with Gasteiger partial charge in [0.05, 0.1) is 33.6 Å². The van der Waals surface area contributed by atoms with Gasteiger partial charge in [-0.1, -0.05) is 78.9 Å². The Labute approximate surface area is 227 Å². The van der Waals surface area contributed by atoms with Gasteiger partial charge in [0.25, 0.3) is 0 Å². The Morgan fingerprint density at radius 3 is 1.77 bits per heavy atom. The van der Waals surface area contributed by atoms with Gasteiger partial charge in [-0.3, -0.25) is 0 Å². The van der Waals surface area contributed by atoms with Gasteiger partial charge < -0.3 is 24.3 Å². The minimum atomic E-state index is -1.02. The molecule has 1 unspecified atom stereocenters. The monoisotopic (exact) mass is 592 g/mol. The summed E-state index contributed by atoms with van der Waals surface area (Å²) in [6.45, 7) is 0. The number of ether oxygens (including phenoxy) is 2. The molecule has 4 aromatic rings. The molecule has 4 rings (SSSR count). The summed E-state index contributed by atoms with van der Waals surface area (Å²) in [4.78, 5) is 0. The summed E-state index contributed by atoms with van der Waals surface area (Å²) < 4.78 is 11.5. The van der Waals surface area contributed by atoms with Crippen molar-refractivity contribution in [2.24, 2.45) is 0 Å². The SMILES string of the molecule is COc1ccccc1[P@@](CC[PH+](c1ccccc1)c1ccccc1OC)c1ccccc1.[CH3-].[CH3-].[Rh+3]. The van der Waals surface area contributed by atoms with E-state index >= 15 is 0 Å². The second-order valence-electron chi connectivity index (χ2n) is 7.45. The summed E-state index contributed by atoms with van der Waals surface area (Å²) in [5.41, 5.74) is 0. The largest absolute Gasteiger partial charge is 3.00 e. The standard InChI is InChI=1S/C28H28O2P2.2CH3.Rh/c1-29-25-17-9-11-19-27(25)31(23-13-5-3-6-14-23)21-22-32(24-15-7-4-8-16-24)28-20-12-10-18-26(28)30-2;;;/h3-20H,21-22H2,1-2H3;2*1H3;/q;2*-1;+3/p+1/t31-,32?;;;/m0.../s1. The Morgan fingerprint density at radius 1 is 0.629 bits per heavy atom. The zero-order valence-corrected chi connectivity index (χ0v) is 24.4. The topological polar surface area (TPSA) is 18.5 Å². The van der Waals surface area contributed by atoms with E-state index < -0.39 is 15.8 Å². The molecule has 0 aliphatic carbocycles. The van der Waals surface area contributed by atoms with Crippen LogP contribution in [0.4, 0.5) is 0 Å². The minimum Gasteiger partial charge on any atom is -0.496 e. The van der Waals surface area contributed by atoms with Crippen molar-refractivity contribution in [1.29, 1.82) is 0 Å². The van der Waals surface area contributed by atoms with Crippen LogP contribution in [0.15, 0.2) is 109 Å². The fourth-order valence-corrected chi connectivity index (χ4v) is 10.1. The molecule has 0 N–H and O–H groups in total. The van der Waals surface area contributed by atoms with Crippen molar-refractivity contribution in [3.63, 3.8) is 0 Å². The Kier molecular flexibility index (Phi) is 14.0. The third kappa shape index (κ3) is 7.72. The van der Waals surface area contributed by atoms with E-state index in [9.17, 15) is 0 Å². The molecule has 0 aliphatic rings. The van der Waals surface area contributed by atoms with E-state index in [1.165, 1.54) is 21.2 Å². The molecule has 0 fully saturated rings. The van der Waals surface area contributed by atoms with Crippen molar-refractivity contribution in [2.45, 2.75) is 0 Å². The molecular weight excluding hydrogens is 557 g/mol. The van der Waals surface area contributed by atoms with Crippen molar-refractivity contribution in [3.05, 3.63) is 124 Å². The van der Waals surface area contributed by atoms with E-state index in [0.717, 1.165) is 23.8 Å². The number of rotatable bonds is 9. The maximum absolute atomic E-state index is 5.77. The van der Waals surface area contributed by atoms with E-state index in [1.807, 2.05) is 0 Å². The first-order valence-corrected chi connectivity index (χ1v) is 14.1. The summed E-state index contributed by atoms with van der Waals surface area (Å²) in [7, 11) is 1.98. The average molecular weight is 592 g/mol. The molecule has 0 aromatic heterocycles. The third-order valence-corrected chi connectivity index (χ3v) is 11.4. The number of methoxy groups -OCH3 is 2.